The number of nitrogens with two attached hydrogens (primary N) is 1. The third-order valence-corrected chi connectivity index (χ3v) is 2.25. The van der Waals surface area contributed by atoms with Crippen LogP contribution in [0.2, 0.25) is 0 Å². The first-order valence-electron chi connectivity index (χ1n) is 4.97. The van der Waals surface area contributed by atoms with E-state index in [0.717, 1.165) is 0 Å². The van der Waals surface area contributed by atoms with Crippen LogP contribution in [0, 0.1) is 10.1 Å². The third-order valence-electron chi connectivity index (χ3n) is 2.25. The van der Waals surface area contributed by atoms with Crippen molar-refractivity contribution in [2.24, 2.45) is 0 Å². The van der Waals surface area contributed by atoms with Crippen LogP contribution in [-0.2, 0) is 0 Å². The van der Waals surface area contributed by atoms with Gasteiger partial charge in [0.15, 0.2) is 0 Å². The summed E-state index contributed by atoms with van der Waals surface area (Å²) >= 11 is 0. The van der Waals surface area contributed by atoms with E-state index in [0.29, 0.717) is 0 Å². The molecule has 7 heteroatoms. The zero-order valence-electron chi connectivity index (χ0n) is 9.38. The van der Waals surface area contributed by atoms with Crippen LogP contribution in [0.5, 0.6) is 0 Å². The SMILES string of the molecule is CC(O)(CO)CNc1cccc(N)c1[N+](=O)[O-]. The van der Waals surface area contributed by atoms with E-state index >= 15 is 0 Å². The topological polar surface area (TPSA) is 122 Å². The molecule has 0 spiro atoms. The largest absolute Gasteiger partial charge is 0.393 e. The van der Waals surface area contributed by atoms with Crippen LogP contribution in [0.3, 0.4) is 0 Å². The number of nitro groups is 1. The summed E-state index contributed by atoms with van der Waals surface area (Å²) in [6.45, 7) is 0.946. The van der Waals surface area contributed by atoms with E-state index in [2.05, 4.69) is 5.32 Å². The van der Waals surface area contributed by atoms with E-state index in [1.54, 1.807) is 6.07 Å². The van der Waals surface area contributed by atoms with Gasteiger partial charge >= 0.3 is 5.69 Å². The summed E-state index contributed by atoms with van der Waals surface area (Å²) in [7, 11) is 0. The fourth-order valence-corrected chi connectivity index (χ4v) is 1.25. The van der Waals surface area contributed by atoms with Gasteiger partial charge in [0.2, 0.25) is 0 Å². The first-order chi connectivity index (χ1) is 7.87. The Kier molecular flexibility index (Phi) is 3.87. The Hall–Kier alpha value is -1.86. The number of hydrogen-bond donors (Lipinski definition) is 4. The molecule has 1 unspecified atom stereocenters. The van der Waals surface area contributed by atoms with Crippen LogP contribution in [0.25, 0.3) is 0 Å². The van der Waals surface area contributed by atoms with Gasteiger partial charge in [-0.05, 0) is 19.1 Å². The first-order valence-corrected chi connectivity index (χ1v) is 4.97. The minimum atomic E-state index is -1.35. The summed E-state index contributed by atoms with van der Waals surface area (Å²) in [6, 6.07) is 4.48. The second-order valence-corrected chi connectivity index (χ2v) is 4.01. The predicted octanol–water partition coefficient (Wildman–Crippen LogP) is 0.332. The van der Waals surface area contributed by atoms with Gasteiger partial charge < -0.3 is 21.3 Å². The number of aliphatic hydroxyl groups excluding tert-OH is 1. The zero-order chi connectivity index (χ0) is 13.1. The summed E-state index contributed by atoms with van der Waals surface area (Å²) in [4.78, 5) is 10.2. The number of aliphatic hydroxyl groups is 2. The highest BCUT2D eigenvalue weighted by molar-refractivity contribution is 5.74. The van der Waals surface area contributed by atoms with Crippen LogP contribution in [-0.4, -0.2) is 33.9 Å². The van der Waals surface area contributed by atoms with E-state index in [-0.39, 0.29) is 23.6 Å². The normalized spacial score (nSPS) is 14.1. The van der Waals surface area contributed by atoms with Crippen LogP contribution in [0.15, 0.2) is 18.2 Å². The van der Waals surface area contributed by atoms with Gasteiger partial charge in [-0.1, -0.05) is 6.07 Å². The van der Waals surface area contributed by atoms with Crippen molar-refractivity contribution >= 4 is 17.1 Å². The lowest BCUT2D eigenvalue weighted by Crippen LogP contribution is -2.37. The van der Waals surface area contributed by atoms with Crippen molar-refractivity contribution in [3.05, 3.63) is 28.3 Å². The van der Waals surface area contributed by atoms with E-state index in [4.69, 9.17) is 10.8 Å². The van der Waals surface area contributed by atoms with Crippen molar-refractivity contribution < 1.29 is 15.1 Å². The van der Waals surface area contributed by atoms with Gasteiger partial charge in [0.1, 0.15) is 17.0 Å². The van der Waals surface area contributed by atoms with Gasteiger partial charge in [-0.15, -0.1) is 0 Å². The highest BCUT2D eigenvalue weighted by atomic mass is 16.6. The average molecular weight is 241 g/mol. The molecule has 1 aromatic rings. The molecule has 0 aliphatic carbocycles. The van der Waals surface area contributed by atoms with Crippen LogP contribution in [0.4, 0.5) is 17.1 Å². The zero-order valence-corrected chi connectivity index (χ0v) is 9.38. The first kappa shape index (κ1) is 13.2. The van der Waals surface area contributed by atoms with Gasteiger partial charge in [0.05, 0.1) is 11.5 Å². The molecule has 0 aliphatic rings. The minimum Gasteiger partial charge on any atom is -0.393 e. The molecule has 0 fully saturated rings. The molecular weight excluding hydrogens is 226 g/mol. The Morgan fingerprint density at radius 3 is 2.76 bits per heavy atom. The van der Waals surface area contributed by atoms with Crippen molar-refractivity contribution in [2.45, 2.75) is 12.5 Å². The van der Waals surface area contributed by atoms with Gasteiger partial charge in [-0.2, -0.15) is 0 Å². The number of nitrogens with zero attached hydrogens (tertiary/aromatic N) is 1. The van der Waals surface area contributed by atoms with E-state index in [1.165, 1.54) is 19.1 Å². The Bertz CT molecular complexity index is 420. The molecule has 0 aromatic heterocycles. The molecule has 0 heterocycles. The maximum atomic E-state index is 10.8. The smallest absolute Gasteiger partial charge is 0.314 e. The maximum Gasteiger partial charge on any atom is 0.314 e. The molecule has 0 aliphatic heterocycles. The van der Waals surface area contributed by atoms with E-state index in [9.17, 15) is 15.2 Å². The molecule has 1 aromatic carbocycles. The quantitative estimate of drug-likeness (QED) is 0.335. The Balaban J connectivity index is 2.92. The van der Waals surface area contributed by atoms with Crippen LogP contribution >= 0.6 is 0 Å². The summed E-state index contributed by atoms with van der Waals surface area (Å²) in [5.74, 6) is 0. The fraction of sp³-hybridized carbons (Fsp3) is 0.400. The second kappa shape index (κ2) is 4.98. The summed E-state index contributed by atoms with van der Waals surface area (Å²) in [5.41, 5.74) is 4.17. The molecule has 1 rings (SSSR count). The van der Waals surface area contributed by atoms with Crippen LogP contribution < -0.4 is 11.1 Å². The van der Waals surface area contributed by atoms with Crippen molar-refractivity contribution in [2.75, 3.05) is 24.2 Å². The molecule has 0 bridgehead atoms. The highest BCUT2D eigenvalue weighted by Crippen LogP contribution is 2.30. The Morgan fingerprint density at radius 1 is 1.59 bits per heavy atom. The summed E-state index contributed by atoms with van der Waals surface area (Å²) in [5, 5.41) is 31.9. The minimum absolute atomic E-state index is 0.0200. The fourth-order valence-electron chi connectivity index (χ4n) is 1.25. The number of anilines is 2. The van der Waals surface area contributed by atoms with Gasteiger partial charge in [0.25, 0.3) is 0 Å². The lowest BCUT2D eigenvalue weighted by molar-refractivity contribution is -0.383. The Morgan fingerprint density at radius 2 is 2.24 bits per heavy atom. The molecule has 7 nitrogen and oxygen atoms in total. The standard InChI is InChI=1S/C10H15N3O4/c1-10(15,6-14)5-12-8-4-2-3-7(11)9(8)13(16)17/h2-4,12,14-15H,5-6,11H2,1H3. The number of para-hydroxylation sites is 1. The molecule has 5 N–H and O–H groups in total. The molecule has 0 radical (unpaired) electrons. The van der Waals surface area contributed by atoms with Gasteiger partial charge in [-0.25, -0.2) is 0 Å². The molecular formula is C10H15N3O4. The molecule has 0 saturated carbocycles. The molecule has 94 valence electrons. The van der Waals surface area contributed by atoms with Crippen molar-refractivity contribution in [3.8, 4) is 0 Å². The van der Waals surface area contributed by atoms with Gasteiger partial charge in [0, 0.05) is 6.54 Å². The number of nitrogens with one attached hydrogen (secondary N) is 1. The summed E-state index contributed by atoms with van der Waals surface area (Å²) in [6.07, 6.45) is 0. The average Bonchev–Trinajstić information content (AvgIpc) is 2.26. The maximum absolute atomic E-state index is 10.8. The van der Waals surface area contributed by atoms with E-state index in [1.807, 2.05) is 0 Å². The van der Waals surface area contributed by atoms with Crippen LogP contribution in [0.1, 0.15) is 6.92 Å². The Labute approximate surface area is 98.0 Å². The third kappa shape index (κ3) is 3.30. The molecule has 1 atom stereocenters. The summed E-state index contributed by atoms with van der Waals surface area (Å²) < 4.78 is 0. The lowest BCUT2D eigenvalue weighted by Gasteiger charge is -2.21. The lowest BCUT2D eigenvalue weighted by atomic mass is 10.1. The van der Waals surface area contributed by atoms with Crippen molar-refractivity contribution in [3.63, 3.8) is 0 Å². The van der Waals surface area contributed by atoms with Crippen molar-refractivity contribution in [1.29, 1.82) is 0 Å². The molecule has 17 heavy (non-hydrogen) atoms. The number of nitro benzene ring substituents is 1. The number of rotatable bonds is 5. The molecule has 0 saturated heterocycles. The second-order valence-electron chi connectivity index (χ2n) is 4.01. The predicted molar refractivity (Wildman–Crippen MR) is 63.7 cm³/mol. The number of nitrogen functional groups attached to an aromatic ring is 1. The number of benzene rings is 1. The van der Waals surface area contributed by atoms with Crippen molar-refractivity contribution in [1.82, 2.24) is 0 Å². The monoisotopic (exact) mass is 241 g/mol. The van der Waals surface area contributed by atoms with Gasteiger partial charge in [-0.3, -0.25) is 10.1 Å². The van der Waals surface area contributed by atoms with E-state index < -0.39 is 17.1 Å². The molecule has 0 amide bonds. The number of hydrogen-bond acceptors (Lipinski definition) is 6. The highest BCUT2D eigenvalue weighted by Gasteiger charge is 2.22.